The van der Waals surface area contributed by atoms with Gasteiger partial charge in [-0.2, -0.15) is 0 Å². The Kier molecular flexibility index (Phi) is 5.72. The Morgan fingerprint density at radius 2 is 1.85 bits per heavy atom. The van der Waals surface area contributed by atoms with Gasteiger partial charge in [0.25, 0.3) is 0 Å². The van der Waals surface area contributed by atoms with Gasteiger partial charge in [0.15, 0.2) is 0 Å². The van der Waals surface area contributed by atoms with Gasteiger partial charge in [-0.3, -0.25) is 0 Å². The van der Waals surface area contributed by atoms with Crippen molar-refractivity contribution in [2.75, 3.05) is 0 Å². The summed E-state index contributed by atoms with van der Waals surface area (Å²) in [5.41, 5.74) is 3.91. The van der Waals surface area contributed by atoms with Crippen LogP contribution in [-0.2, 0) is 6.42 Å². The van der Waals surface area contributed by atoms with Crippen molar-refractivity contribution in [2.45, 2.75) is 34.1 Å². The molecule has 0 unspecified atom stereocenters. The molecule has 0 saturated carbocycles. The molecule has 0 aromatic heterocycles. The monoisotopic (exact) mass is 174 g/mol. The Bertz CT molecular complexity index is 289. The molecule has 0 atom stereocenters. The molecule has 0 aliphatic rings. The average molecular weight is 174 g/mol. The van der Waals surface area contributed by atoms with Crippen LogP contribution in [0.3, 0.4) is 0 Å². The van der Waals surface area contributed by atoms with E-state index >= 15 is 0 Å². The van der Waals surface area contributed by atoms with Crippen LogP contribution in [0.4, 0.5) is 0 Å². The van der Waals surface area contributed by atoms with E-state index in [1.807, 2.05) is 13.8 Å². The van der Waals surface area contributed by atoms with E-state index in [1.165, 1.54) is 16.7 Å². The van der Waals surface area contributed by atoms with Crippen molar-refractivity contribution in [2.24, 2.45) is 0 Å². The van der Waals surface area contributed by atoms with E-state index in [-0.39, 0.29) is 0 Å². The van der Waals surface area contributed by atoms with E-state index in [0.29, 0.717) is 0 Å². The van der Waals surface area contributed by atoms with Crippen molar-refractivity contribution in [3.63, 3.8) is 0 Å². The molecule has 0 fully saturated rings. The number of aryl methyl sites for hydroxylation is 1. The second kappa shape index (κ2) is 6.31. The minimum absolute atomic E-state index is 0.744. The third-order valence-corrected chi connectivity index (χ3v) is 2.01. The predicted molar refractivity (Wildman–Crippen MR) is 59.8 cm³/mol. The highest BCUT2D eigenvalue weighted by Crippen LogP contribution is 2.12. The molecular weight excluding hydrogens is 156 g/mol. The molecule has 70 valence electrons. The SMILES string of the molecule is C#CCc1cccc(C)c1C.CC. The quantitative estimate of drug-likeness (QED) is 0.572. The Balaban J connectivity index is 0.000000671. The molecule has 0 heterocycles. The van der Waals surface area contributed by atoms with Crippen LogP contribution >= 0.6 is 0 Å². The van der Waals surface area contributed by atoms with Crippen molar-refractivity contribution in [3.8, 4) is 12.3 Å². The maximum absolute atomic E-state index is 5.23. The summed E-state index contributed by atoms with van der Waals surface area (Å²) in [5.74, 6) is 2.65. The maximum Gasteiger partial charge on any atom is 0.0340 e. The third kappa shape index (κ3) is 3.34. The van der Waals surface area contributed by atoms with Gasteiger partial charge < -0.3 is 0 Å². The zero-order valence-corrected chi connectivity index (χ0v) is 9.02. The minimum Gasteiger partial charge on any atom is -0.120 e. The summed E-state index contributed by atoms with van der Waals surface area (Å²) in [6, 6.07) is 6.24. The molecule has 1 aromatic carbocycles. The van der Waals surface area contributed by atoms with Crippen molar-refractivity contribution >= 4 is 0 Å². The van der Waals surface area contributed by atoms with E-state index in [0.717, 1.165) is 6.42 Å². The van der Waals surface area contributed by atoms with E-state index < -0.39 is 0 Å². The number of hydrogen-bond donors (Lipinski definition) is 0. The average Bonchev–Trinajstić information content (AvgIpc) is 2.17. The first-order valence-electron chi connectivity index (χ1n) is 4.74. The molecule has 0 bridgehead atoms. The summed E-state index contributed by atoms with van der Waals surface area (Å²) in [5, 5.41) is 0. The topological polar surface area (TPSA) is 0 Å². The van der Waals surface area contributed by atoms with Gasteiger partial charge in [0, 0.05) is 6.42 Å². The van der Waals surface area contributed by atoms with Crippen molar-refractivity contribution in [3.05, 3.63) is 34.9 Å². The Labute approximate surface area is 82.0 Å². The molecule has 0 nitrogen and oxygen atoms in total. The van der Waals surface area contributed by atoms with Crippen LogP contribution in [0, 0.1) is 26.2 Å². The first-order valence-corrected chi connectivity index (χ1v) is 4.74. The highest BCUT2D eigenvalue weighted by Gasteiger charge is 1.96. The molecule has 0 N–H and O–H groups in total. The Hall–Kier alpha value is -1.22. The van der Waals surface area contributed by atoms with Crippen LogP contribution in [0.25, 0.3) is 0 Å². The van der Waals surface area contributed by atoms with Gasteiger partial charge in [-0.25, -0.2) is 0 Å². The third-order valence-electron chi connectivity index (χ3n) is 2.01. The molecule has 0 heteroatoms. The number of hydrogen-bond acceptors (Lipinski definition) is 0. The Morgan fingerprint density at radius 1 is 1.23 bits per heavy atom. The molecule has 0 aliphatic heterocycles. The summed E-state index contributed by atoms with van der Waals surface area (Å²) >= 11 is 0. The van der Waals surface area contributed by atoms with E-state index in [1.54, 1.807) is 0 Å². The lowest BCUT2D eigenvalue weighted by atomic mass is 10.0. The van der Waals surface area contributed by atoms with Gasteiger partial charge >= 0.3 is 0 Å². The van der Waals surface area contributed by atoms with E-state index in [4.69, 9.17) is 6.42 Å². The van der Waals surface area contributed by atoms with Crippen LogP contribution in [0.15, 0.2) is 18.2 Å². The van der Waals surface area contributed by atoms with Gasteiger partial charge in [0.2, 0.25) is 0 Å². The molecule has 0 aliphatic carbocycles. The van der Waals surface area contributed by atoms with Crippen molar-refractivity contribution < 1.29 is 0 Å². The fourth-order valence-electron chi connectivity index (χ4n) is 1.11. The standard InChI is InChI=1S/C11H12.C2H6/c1-4-6-11-8-5-7-9(2)10(11)3;1-2/h1,5,7-8H,6H2,2-3H3;1-2H3. The minimum atomic E-state index is 0.744. The van der Waals surface area contributed by atoms with Crippen molar-refractivity contribution in [1.82, 2.24) is 0 Å². The predicted octanol–water partition coefficient (Wildman–Crippen LogP) is 3.51. The molecule has 1 rings (SSSR count). The smallest absolute Gasteiger partial charge is 0.0340 e. The highest BCUT2D eigenvalue weighted by atomic mass is 14.0. The first-order chi connectivity index (χ1) is 6.25. The molecule has 0 radical (unpaired) electrons. The lowest BCUT2D eigenvalue weighted by molar-refractivity contribution is 1.21. The Morgan fingerprint density at radius 3 is 2.38 bits per heavy atom. The zero-order chi connectivity index (χ0) is 10.3. The van der Waals surface area contributed by atoms with Gasteiger partial charge in [-0.05, 0) is 30.5 Å². The summed E-state index contributed by atoms with van der Waals surface area (Å²) in [6.07, 6.45) is 5.97. The van der Waals surface area contributed by atoms with Crippen LogP contribution < -0.4 is 0 Å². The fraction of sp³-hybridized carbons (Fsp3) is 0.385. The van der Waals surface area contributed by atoms with Crippen LogP contribution in [0.5, 0.6) is 0 Å². The number of terminal acetylenes is 1. The zero-order valence-electron chi connectivity index (χ0n) is 9.02. The van der Waals surface area contributed by atoms with Gasteiger partial charge in [0.1, 0.15) is 0 Å². The lowest BCUT2D eigenvalue weighted by Gasteiger charge is -2.03. The molecule has 0 saturated heterocycles. The maximum atomic E-state index is 5.23. The molecule has 1 aromatic rings. The van der Waals surface area contributed by atoms with Crippen LogP contribution in [-0.4, -0.2) is 0 Å². The van der Waals surface area contributed by atoms with Crippen LogP contribution in [0.2, 0.25) is 0 Å². The lowest BCUT2D eigenvalue weighted by Crippen LogP contribution is -1.89. The fourth-order valence-corrected chi connectivity index (χ4v) is 1.11. The number of benzene rings is 1. The summed E-state index contributed by atoms with van der Waals surface area (Å²) < 4.78 is 0. The molecule has 0 amide bonds. The second-order valence-corrected chi connectivity index (χ2v) is 2.74. The first kappa shape index (κ1) is 11.8. The highest BCUT2D eigenvalue weighted by molar-refractivity contribution is 5.34. The summed E-state index contributed by atoms with van der Waals surface area (Å²) in [6.45, 7) is 8.22. The largest absolute Gasteiger partial charge is 0.120 e. The summed E-state index contributed by atoms with van der Waals surface area (Å²) in [4.78, 5) is 0. The van der Waals surface area contributed by atoms with Crippen LogP contribution in [0.1, 0.15) is 30.5 Å². The molecule has 13 heavy (non-hydrogen) atoms. The molecular formula is C13H18. The van der Waals surface area contributed by atoms with E-state index in [2.05, 4.69) is 38.0 Å². The van der Waals surface area contributed by atoms with E-state index in [9.17, 15) is 0 Å². The van der Waals surface area contributed by atoms with Gasteiger partial charge in [-0.1, -0.05) is 32.0 Å². The van der Waals surface area contributed by atoms with Gasteiger partial charge in [0.05, 0.1) is 0 Å². The normalized spacial score (nSPS) is 8.23. The summed E-state index contributed by atoms with van der Waals surface area (Å²) in [7, 11) is 0. The molecule has 0 spiro atoms. The van der Waals surface area contributed by atoms with Crippen molar-refractivity contribution in [1.29, 1.82) is 0 Å². The second-order valence-electron chi connectivity index (χ2n) is 2.74. The van der Waals surface area contributed by atoms with Gasteiger partial charge in [-0.15, -0.1) is 12.3 Å². The number of rotatable bonds is 1.